The number of nitrogens with zero attached hydrogens (tertiary/aromatic N) is 3. The zero-order valence-corrected chi connectivity index (χ0v) is 10.4. The lowest BCUT2D eigenvalue weighted by Gasteiger charge is -2.04. The number of aryl methyl sites for hydroxylation is 1. The average molecular weight is 265 g/mol. The molecule has 0 aliphatic rings. The molecule has 0 fully saturated rings. The third-order valence-electron chi connectivity index (χ3n) is 2.81. The summed E-state index contributed by atoms with van der Waals surface area (Å²) in [4.78, 5) is 10.3. The molecule has 0 amide bonds. The van der Waals surface area contributed by atoms with Gasteiger partial charge >= 0.3 is 0 Å². The third-order valence-corrected chi connectivity index (χ3v) is 2.81. The summed E-state index contributed by atoms with van der Waals surface area (Å²) in [7, 11) is 1.73. The third kappa shape index (κ3) is 3.01. The van der Waals surface area contributed by atoms with Crippen LogP contribution in [0, 0.1) is 11.6 Å². The summed E-state index contributed by atoms with van der Waals surface area (Å²) in [5, 5.41) is 7.91. The number of rotatable bonds is 5. The molecule has 0 bridgehead atoms. The Balaban J connectivity index is 2.28. The number of hydrogen-bond donors (Lipinski definition) is 0. The number of benzene rings is 1. The average Bonchev–Trinajstić information content (AvgIpc) is 2.70. The van der Waals surface area contributed by atoms with E-state index < -0.39 is 11.6 Å². The van der Waals surface area contributed by atoms with Crippen molar-refractivity contribution in [2.75, 3.05) is 0 Å². The Morgan fingerprint density at radius 1 is 1.21 bits per heavy atom. The second-order valence-electron chi connectivity index (χ2n) is 4.22. The molecular formula is C13H13F2N3O. The van der Waals surface area contributed by atoms with Gasteiger partial charge in [-0.15, -0.1) is 10.2 Å². The van der Waals surface area contributed by atoms with Crippen LogP contribution in [0.25, 0.3) is 11.4 Å². The van der Waals surface area contributed by atoms with Gasteiger partial charge in [-0.05, 0) is 18.6 Å². The van der Waals surface area contributed by atoms with E-state index in [1.165, 1.54) is 12.1 Å². The molecule has 4 nitrogen and oxygen atoms in total. The number of aldehydes is 1. The minimum atomic E-state index is -0.652. The maximum atomic E-state index is 13.2. The van der Waals surface area contributed by atoms with Crippen LogP contribution in [-0.2, 0) is 18.3 Å². The van der Waals surface area contributed by atoms with Gasteiger partial charge in [0.15, 0.2) is 5.82 Å². The van der Waals surface area contributed by atoms with Crippen molar-refractivity contribution in [3.63, 3.8) is 0 Å². The number of carbonyl (C=O) groups excluding carboxylic acids is 1. The predicted molar refractivity (Wildman–Crippen MR) is 65.4 cm³/mol. The van der Waals surface area contributed by atoms with Crippen molar-refractivity contribution in [1.82, 2.24) is 14.8 Å². The fraction of sp³-hybridized carbons (Fsp3) is 0.308. The molecule has 6 heteroatoms. The van der Waals surface area contributed by atoms with E-state index in [0.29, 0.717) is 36.5 Å². The Morgan fingerprint density at radius 3 is 2.53 bits per heavy atom. The lowest BCUT2D eigenvalue weighted by Crippen LogP contribution is -2.00. The van der Waals surface area contributed by atoms with Crippen LogP contribution in [0.15, 0.2) is 18.2 Å². The molecule has 0 spiro atoms. The van der Waals surface area contributed by atoms with Crippen LogP contribution >= 0.6 is 0 Å². The van der Waals surface area contributed by atoms with Crippen LogP contribution in [0.3, 0.4) is 0 Å². The Morgan fingerprint density at radius 2 is 1.89 bits per heavy atom. The van der Waals surface area contributed by atoms with Gasteiger partial charge in [0.05, 0.1) is 0 Å². The Hall–Kier alpha value is -2.11. The first-order valence-electron chi connectivity index (χ1n) is 5.90. The van der Waals surface area contributed by atoms with Gasteiger partial charge in [0.25, 0.3) is 0 Å². The summed E-state index contributed by atoms with van der Waals surface area (Å²) >= 11 is 0. The second kappa shape index (κ2) is 5.69. The minimum Gasteiger partial charge on any atom is -0.314 e. The standard InChI is InChI=1S/C13H13F2N3O/c1-18-12(4-2-3-5-19)16-17-13(18)9-6-10(14)8-11(15)7-9/h5-8H,2-4H2,1H3. The first kappa shape index (κ1) is 13.3. The lowest BCUT2D eigenvalue weighted by molar-refractivity contribution is -0.107. The molecule has 0 aliphatic carbocycles. The fourth-order valence-corrected chi connectivity index (χ4v) is 1.86. The molecule has 100 valence electrons. The van der Waals surface area contributed by atoms with Crippen molar-refractivity contribution in [2.24, 2.45) is 7.05 Å². The molecule has 19 heavy (non-hydrogen) atoms. The van der Waals surface area contributed by atoms with Crippen molar-refractivity contribution >= 4 is 6.29 Å². The summed E-state index contributed by atoms with van der Waals surface area (Å²) in [5.41, 5.74) is 0.342. The van der Waals surface area contributed by atoms with Crippen molar-refractivity contribution in [1.29, 1.82) is 0 Å². The summed E-state index contributed by atoms with van der Waals surface area (Å²) in [6.07, 6.45) is 2.57. The summed E-state index contributed by atoms with van der Waals surface area (Å²) in [5.74, 6) is -0.220. The molecule has 1 aromatic carbocycles. The highest BCUT2D eigenvalue weighted by Crippen LogP contribution is 2.20. The van der Waals surface area contributed by atoms with Crippen molar-refractivity contribution < 1.29 is 13.6 Å². The molecule has 0 unspecified atom stereocenters. The van der Waals surface area contributed by atoms with Crippen molar-refractivity contribution in [2.45, 2.75) is 19.3 Å². The van der Waals surface area contributed by atoms with Crippen molar-refractivity contribution in [3.8, 4) is 11.4 Å². The quantitative estimate of drug-likeness (QED) is 0.615. The molecule has 1 heterocycles. The highest BCUT2D eigenvalue weighted by Gasteiger charge is 2.12. The van der Waals surface area contributed by atoms with Gasteiger partial charge in [-0.2, -0.15) is 0 Å². The van der Waals surface area contributed by atoms with Gasteiger partial charge in [0.1, 0.15) is 23.7 Å². The lowest BCUT2D eigenvalue weighted by atomic mass is 10.2. The first-order chi connectivity index (χ1) is 9.11. The molecule has 0 atom stereocenters. The van der Waals surface area contributed by atoms with E-state index >= 15 is 0 Å². The highest BCUT2D eigenvalue weighted by molar-refractivity contribution is 5.55. The monoisotopic (exact) mass is 265 g/mol. The number of unbranched alkanes of at least 4 members (excludes halogenated alkanes) is 1. The van der Waals surface area contributed by atoms with Gasteiger partial charge in [-0.1, -0.05) is 0 Å². The maximum Gasteiger partial charge on any atom is 0.163 e. The van der Waals surface area contributed by atoms with E-state index in [2.05, 4.69) is 10.2 Å². The highest BCUT2D eigenvalue weighted by atomic mass is 19.1. The number of aromatic nitrogens is 3. The molecule has 2 rings (SSSR count). The number of hydrogen-bond acceptors (Lipinski definition) is 3. The van der Waals surface area contributed by atoms with E-state index in [1.807, 2.05) is 0 Å². The van der Waals surface area contributed by atoms with E-state index in [0.717, 1.165) is 12.4 Å². The predicted octanol–water partition coefficient (Wildman–Crippen LogP) is 2.28. The van der Waals surface area contributed by atoms with Crippen molar-refractivity contribution in [3.05, 3.63) is 35.7 Å². The molecule has 0 saturated heterocycles. The zero-order valence-electron chi connectivity index (χ0n) is 10.4. The second-order valence-corrected chi connectivity index (χ2v) is 4.22. The van der Waals surface area contributed by atoms with Gasteiger partial charge in [-0.25, -0.2) is 8.78 Å². The Kier molecular flexibility index (Phi) is 3.99. The van der Waals surface area contributed by atoms with E-state index in [4.69, 9.17) is 0 Å². The zero-order chi connectivity index (χ0) is 13.8. The number of halogens is 2. The minimum absolute atomic E-state index is 0.342. The normalized spacial score (nSPS) is 10.7. The molecule has 2 aromatic rings. The van der Waals surface area contributed by atoms with Crippen LogP contribution in [0.5, 0.6) is 0 Å². The fourth-order valence-electron chi connectivity index (χ4n) is 1.86. The SMILES string of the molecule is Cn1c(CCCC=O)nnc1-c1cc(F)cc(F)c1. The Bertz CT molecular complexity index is 575. The van der Waals surface area contributed by atoms with Gasteiger partial charge in [-0.3, -0.25) is 0 Å². The summed E-state index contributed by atoms with van der Waals surface area (Å²) in [6, 6.07) is 3.23. The van der Waals surface area contributed by atoms with Crippen LogP contribution in [-0.4, -0.2) is 21.1 Å². The van der Waals surface area contributed by atoms with Gasteiger partial charge in [0.2, 0.25) is 0 Å². The number of carbonyl (C=O) groups is 1. The largest absolute Gasteiger partial charge is 0.314 e. The van der Waals surface area contributed by atoms with Gasteiger partial charge in [0, 0.05) is 31.5 Å². The molecule has 0 N–H and O–H groups in total. The molecule has 1 aromatic heterocycles. The molecule has 0 saturated carbocycles. The Labute approximate surface area is 109 Å². The first-order valence-corrected chi connectivity index (χ1v) is 5.90. The molecule has 0 radical (unpaired) electrons. The van der Waals surface area contributed by atoms with E-state index in [1.54, 1.807) is 11.6 Å². The van der Waals surface area contributed by atoms with Crippen LogP contribution in [0.1, 0.15) is 18.7 Å². The molecular weight excluding hydrogens is 252 g/mol. The molecule has 0 aliphatic heterocycles. The topological polar surface area (TPSA) is 47.8 Å². The maximum absolute atomic E-state index is 13.2. The van der Waals surface area contributed by atoms with E-state index in [9.17, 15) is 13.6 Å². The smallest absolute Gasteiger partial charge is 0.163 e. The van der Waals surface area contributed by atoms with E-state index in [-0.39, 0.29) is 0 Å². The van der Waals surface area contributed by atoms with Gasteiger partial charge < -0.3 is 9.36 Å². The summed E-state index contributed by atoms with van der Waals surface area (Å²) in [6.45, 7) is 0. The summed E-state index contributed by atoms with van der Waals surface area (Å²) < 4.78 is 28.0. The van der Waals surface area contributed by atoms with Crippen LogP contribution < -0.4 is 0 Å². The van der Waals surface area contributed by atoms with Crippen LogP contribution in [0.2, 0.25) is 0 Å². The van der Waals surface area contributed by atoms with Crippen LogP contribution in [0.4, 0.5) is 8.78 Å².